The summed E-state index contributed by atoms with van der Waals surface area (Å²) in [5.41, 5.74) is 4.30. The van der Waals surface area contributed by atoms with Gasteiger partial charge in [-0.3, -0.25) is 9.48 Å². The second kappa shape index (κ2) is 9.10. The van der Waals surface area contributed by atoms with Crippen molar-refractivity contribution in [3.8, 4) is 0 Å². The van der Waals surface area contributed by atoms with Crippen LogP contribution in [0.1, 0.15) is 33.4 Å². The van der Waals surface area contributed by atoms with Crippen molar-refractivity contribution in [3.05, 3.63) is 82.9 Å². The van der Waals surface area contributed by atoms with Gasteiger partial charge in [-0.05, 0) is 41.5 Å². The van der Waals surface area contributed by atoms with Crippen LogP contribution in [0.3, 0.4) is 0 Å². The molecule has 1 N–H and O–H groups in total. The largest absolute Gasteiger partial charge is 0.378 e. The average Bonchev–Trinajstić information content (AvgIpc) is 3.27. The normalized spacial score (nSPS) is 18.3. The molecule has 32 heavy (non-hydrogen) atoms. The van der Waals surface area contributed by atoms with Gasteiger partial charge in [0.1, 0.15) is 11.9 Å². The molecule has 0 saturated carbocycles. The highest BCUT2D eigenvalue weighted by molar-refractivity contribution is 5.92. The van der Waals surface area contributed by atoms with Gasteiger partial charge in [0.05, 0.1) is 32.1 Å². The van der Waals surface area contributed by atoms with Crippen molar-refractivity contribution in [2.24, 2.45) is 0 Å². The van der Waals surface area contributed by atoms with Crippen molar-refractivity contribution >= 4 is 11.6 Å². The predicted molar refractivity (Wildman–Crippen MR) is 117 cm³/mol. The summed E-state index contributed by atoms with van der Waals surface area (Å²) in [6.07, 6.45) is -0.219. The first-order valence-corrected chi connectivity index (χ1v) is 10.8. The Hall–Kier alpha value is -3.23. The summed E-state index contributed by atoms with van der Waals surface area (Å²) in [7, 11) is 0. The summed E-state index contributed by atoms with van der Waals surface area (Å²) in [4.78, 5) is 14.9. The van der Waals surface area contributed by atoms with Crippen LogP contribution in [0, 0.1) is 5.82 Å². The van der Waals surface area contributed by atoms with Gasteiger partial charge in [0, 0.05) is 25.3 Å². The molecule has 166 valence electrons. The molecule has 1 saturated heterocycles. The van der Waals surface area contributed by atoms with Crippen molar-refractivity contribution < 1.29 is 18.7 Å². The van der Waals surface area contributed by atoms with E-state index < -0.39 is 0 Å². The number of nitrogens with zero attached hydrogens (tertiary/aromatic N) is 3. The molecule has 0 radical (unpaired) electrons. The quantitative estimate of drug-likeness (QED) is 0.666. The molecule has 1 atom stereocenters. The van der Waals surface area contributed by atoms with E-state index in [-0.39, 0.29) is 17.8 Å². The minimum atomic E-state index is -0.279. The molecule has 1 amide bonds. The summed E-state index contributed by atoms with van der Waals surface area (Å²) < 4.78 is 26.3. The Bertz CT molecular complexity index is 1080. The van der Waals surface area contributed by atoms with Gasteiger partial charge in [-0.1, -0.05) is 24.3 Å². The second-order valence-corrected chi connectivity index (χ2v) is 8.00. The number of aromatic nitrogens is 2. The highest BCUT2D eigenvalue weighted by atomic mass is 19.1. The number of hydrogen-bond donors (Lipinski definition) is 1. The zero-order chi connectivity index (χ0) is 21.9. The number of hydrogen-bond acceptors (Lipinski definition) is 5. The number of nitrogens with one attached hydrogen (secondary N) is 1. The van der Waals surface area contributed by atoms with Crippen LogP contribution < -0.4 is 10.2 Å². The van der Waals surface area contributed by atoms with E-state index in [1.807, 2.05) is 12.1 Å². The van der Waals surface area contributed by atoms with E-state index in [1.165, 1.54) is 17.8 Å². The fraction of sp³-hybridized carbons (Fsp3) is 0.333. The standard InChI is InChI=1S/C24H25FN4O3/c25-19-5-3-18(4-6-19)23-15-29-21(16-32-23)13-22(27-29)24(30)26-14-17-1-7-20(8-2-17)28-9-11-31-12-10-28/h1-8,13,23H,9-12,14-16H2,(H,26,30). The van der Waals surface area contributed by atoms with Crippen LogP contribution in [0.25, 0.3) is 0 Å². The number of amides is 1. The van der Waals surface area contributed by atoms with Gasteiger partial charge in [0.2, 0.25) is 0 Å². The van der Waals surface area contributed by atoms with Crippen molar-refractivity contribution in [3.63, 3.8) is 0 Å². The first-order chi connectivity index (χ1) is 15.7. The lowest BCUT2D eigenvalue weighted by molar-refractivity contribution is -0.00123. The summed E-state index contributed by atoms with van der Waals surface area (Å²) in [5, 5.41) is 7.41. The zero-order valence-electron chi connectivity index (χ0n) is 17.7. The van der Waals surface area contributed by atoms with E-state index >= 15 is 0 Å². The SMILES string of the molecule is O=C(NCc1ccc(N2CCOCC2)cc1)c1cc2n(n1)CC(c1ccc(F)cc1)OC2. The summed E-state index contributed by atoms with van der Waals surface area (Å²) in [5.74, 6) is -0.499. The van der Waals surface area contributed by atoms with Gasteiger partial charge in [0.25, 0.3) is 5.91 Å². The number of ether oxygens (including phenoxy) is 2. The number of morpholine rings is 1. The first-order valence-electron chi connectivity index (χ1n) is 10.8. The van der Waals surface area contributed by atoms with Crippen LogP contribution in [0.2, 0.25) is 0 Å². The Labute approximate surface area is 185 Å². The highest BCUT2D eigenvalue weighted by Gasteiger charge is 2.24. The number of halogens is 1. The third-order valence-corrected chi connectivity index (χ3v) is 5.87. The molecule has 0 aliphatic carbocycles. The topological polar surface area (TPSA) is 68.6 Å². The van der Waals surface area contributed by atoms with Crippen LogP contribution in [0.15, 0.2) is 54.6 Å². The average molecular weight is 436 g/mol. The van der Waals surface area contributed by atoms with E-state index in [0.717, 1.165) is 43.1 Å². The van der Waals surface area contributed by atoms with Crippen LogP contribution in [-0.2, 0) is 29.2 Å². The summed E-state index contributed by atoms with van der Waals surface area (Å²) >= 11 is 0. The van der Waals surface area contributed by atoms with Gasteiger partial charge in [-0.2, -0.15) is 5.10 Å². The molecule has 3 heterocycles. The molecule has 0 spiro atoms. The smallest absolute Gasteiger partial charge is 0.272 e. The number of carbonyl (C=O) groups excluding carboxylic acids is 1. The van der Waals surface area contributed by atoms with Gasteiger partial charge in [-0.15, -0.1) is 0 Å². The zero-order valence-corrected chi connectivity index (χ0v) is 17.7. The number of carbonyl (C=O) groups is 1. The van der Waals surface area contributed by atoms with E-state index in [0.29, 0.717) is 25.4 Å². The molecule has 1 unspecified atom stereocenters. The molecule has 3 aromatic rings. The van der Waals surface area contributed by atoms with Gasteiger partial charge < -0.3 is 19.7 Å². The van der Waals surface area contributed by atoms with Crippen molar-refractivity contribution in [2.45, 2.75) is 25.8 Å². The van der Waals surface area contributed by atoms with Crippen molar-refractivity contribution in [1.82, 2.24) is 15.1 Å². The third-order valence-electron chi connectivity index (χ3n) is 5.87. The molecule has 2 aromatic carbocycles. The third kappa shape index (κ3) is 4.51. The van der Waals surface area contributed by atoms with Crippen LogP contribution in [0.5, 0.6) is 0 Å². The molecule has 1 fully saturated rings. The lowest BCUT2D eigenvalue weighted by Gasteiger charge is -2.28. The van der Waals surface area contributed by atoms with Gasteiger partial charge in [0.15, 0.2) is 5.69 Å². The van der Waals surface area contributed by atoms with E-state index in [2.05, 4.69) is 27.4 Å². The number of fused-ring (bicyclic) bond motifs is 1. The predicted octanol–water partition coefficient (Wildman–Crippen LogP) is 3.06. The molecule has 7 nitrogen and oxygen atoms in total. The minimum Gasteiger partial charge on any atom is -0.378 e. The molecular weight excluding hydrogens is 411 g/mol. The highest BCUT2D eigenvalue weighted by Crippen LogP contribution is 2.26. The maximum Gasteiger partial charge on any atom is 0.272 e. The van der Waals surface area contributed by atoms with Crippen LogP contribution >= 0.6 is 0 Å². The Morgan fingerprint density at radius 1 is 1.09 bits per heavy atom. The fourth-order valence-corrected chi connectivity index (χ4v) is 4.03. The minimum absolute atomic E-state index is 0.219. The van der Waals surface area contributed by atoms with E-state index in [1.54, 1.807) is 22.9 Å². The molecule has 8 heteroatoms. The molecule has 2 aliphatic heterocycles. The Balaban J connectivity index is 1.18. The molecule has 2 aliphatic rings. The first kappa shape index (κ1) is 20.7. The van der Waals surface area contributed by atoms with Crippen LogP contribution in [0.4, 0.5) is 10.1 Å². The number of rotatable bonds is 5. The second-order valence-electron chi connectivity index (χ2n) is 8.00. The Morgan fingerprint density at radius 2 is 1.84 bits per heavy atom. The lowest BCUT2D eigenvalue weighted by atomic mass is 10.1. The maximum atomic E-state index is 13.2. The summed E-state index contributed by atoms with van der Waals surface area (Å²) in [6, 6.07) is 16.3. The molecular formula is C24H25FN4O3. The van der Waals surface area contributed by atoms with E-state index in [4.69, 9.17) is 9.47 Å². The monoisotopic (exact) mass is 436 g/mol. The van der Waals surface area contributed by atoms with Crippen LogP contribution in [-0.4, -0.2) is 42.0 Å². The molecule has 1 aromatic heterocycles. The molecule has 0 bridgehead atoms. The fourth-order valence-electron chi connectivity index (χ4n) is 4.03. The summed E-state index contributed by atoms with van der Waals surface area (Å²) in [6.45, 7) is 4.56. The maximum absolute atomic E-state index is 13.2. The van der Waals surface area contributed by atoms with E-state index in [9.17, 15) is 9.18 Å². The van der Waals surface area contributed by atoms with Gasteiger partial charge >= 0.3 is 0 Å². The Morgan fingerprint density at radius 3 is 2.59 bits per heavy atom. The Kier molecular flexibility index (Phi) is 5.87. The number of anilines is 1. The van der Waals surface area contributed by atoms with Crippen molar-refractivity contribution in [2.75, 3.05) is 31.2 Å². The number of benzene rings is 2. The van der Waals surface area contributed by atoms with Gasteiger partial charge in [-0.25, -0.2) is 4.39 Å². The lowest BCUT2D eigenvalue weighted by Crippen LogP contribution is -2.36. The molecule has 5 rings (SSSR count). The van der Waals surface area contributed by atoms with Crippen molar-refractivity contribution in [1.29, 1.82) is 0 Å².